The second kappa shape index (κ2) is 7.51. The first-order chi connectivity index (χ1) is 4.81. The van der Waals surface area contributed by atoms with Gasteiger partial charge in [0, 0.05) is 31.6 Å². The summed E-state index contributed by atoms with van der Waals surface area (Å²) in [4.78, 5) is 0. The van der Waals surface area contributed by atoms with E-state index in [0.717, 1.165) is 24.9 Å². The van der Waals surface area contributed by atoms with Gasteiger partial charge >= 0.3 is 0 Å². The monoisotopic (exact) mass is 209 g/mol. The van der Waals surface area contributed by atoms with Crippen molar-refractivity contribution in [1.29, 1.82) is 0 Å². The fourth-order valence-electron chi connectivity index (χ4n) is 0.698. The van der Waals surface area contributed by atoms with Crippen LogP contribution in [-0.2, 0) is 4.74 Å². The van der Waals surface area contributed by atoms with Gasteiger partial charge in [0.2, 0.25) is 0 Å². The number of ether oxygens (including phenoxy) is 1. The van der Waals surface area contributed by atoms with E-state index in [9.17, 15) is 0 Å². The van der Waals surface area contributed by atoms with Crippen molar-refractivity contribution in [3.8, 4) is 0 Å². The van der Waals surface area contributed by atoms with E-state index in [1.807, 2.05) is 0 Å². The van der Waals surface area contributed by atoms with Crippen LogP contribution in [0.3, 0.4) is 0 Å². The largest absolute Gasteiger partial charge is 0.385 e. The van der Waals surface area contributed by atoms with Crippen LogP contribution < -0.4 is 5.32 Å². The standard InChI is InChI=1S/C7H16BrNO/c1-7(3-6-10-2)9-5-4-8/h7,9H,3-6H2,1-2H3. The smallest absolute Gasteiger partial charge is 0.0476 e. The lowest BCUT2D eigenvalue weighted by molar-refractivity contribution is 0.185. The van der Waals surface area contributed by atoms with Crippen LogP contribution >= 0.6 is 15.9 Å². The Kier molecular flexibility index (Phi) is 7.81. The molecule has 2 nitrogen and oxygen atoms in total. The SMILES string of the molecule is COCCC(C)NCCBr. The summed E-state index contributed by atoms with van der Waals surface area (Å²) in [6.45, 7) is 4.04. The van der Waals surface area contributed by atoms with Gasteiger partial charge in [-0.15, -0.1) is 0 Å². The van der Waals surface area contributed by atoms with Crippen LogP contribution in [0.2, 0.25) is 0 Å². The maximum Gasteiger partial charge on any atom is 0.0476 e. The molecule has 3 heteroatoms. The van der Waals surface area contributed by atoms with E-state index in [0.29, 0.717) is 6.04 Å². The van der Waals surface area contributed by atoms with Crippen LogP contribution in [0.25, 0.3) is 0 Å². The molecule has 0 aliphatic heterocycles. The van der Waals surface area contributed by atoms with Gasteiger partial charge in [0.05, 0.1) is 0 Å². The minimum Gasteiger partial charge on any atom is -0.385 e. The summed E-state index contributed by atoms with van der Waals surface area (Å²) in [6, 6.07) is 0.567. The van der Waals surface area contributed by atoms with Gasteiger partial charge < -0.3 is 10.1 Å². The third-order valence-electron chi connectivity index (χ3n) is 1.34. The fourth-order valence-corrected chi connectivity index (χ4v) is 0.927. The average Bonchev–Trinajstić information content (AvgIpc) is 1.97. The van der Waals surface area contributed by atoms with E-state index < -0.39 is 0 Å². The summed E-state index contributed by atoms with van der Waals surface area (Å²) in [7, 11) is 1.73. The molecule has 1 atom stereocenters. The molecule has 0 spiro atoms. The molecule has 0 saturated heterocycles. The maximum atomic E-state index is 4.94. The Morgan fingerprint density at radius 3 is 2.80 bits per heavy atom. The van der Waals surface area contributed by atoms with Crippen LogP contribution in [0.1, 0.15) is 13.3 Å². The van der Waals surface area contributed by atoms with Gasteiger partial charge in [-0.3, -0.25) is 0 Å². The van der Waals surface area contributed by atoms with Crippen molar-refractivity contribution in [2.75, 3.05) is 25.6 Å². The van der Waals surface area contributed by atoms with Gasteiger partial charge in [-0.25, -0.2) is 0 Å². The lowest BCUT2D eigenvalue weighted by Crippen LogP contribution is -2.28. The molecule has 0 aromatic rings. The molecule has 0 aromatic heterocycles. The van der Waals surface area contributed by atoms with Crippen LogP contribution in [0.4, 0.5) is 0 Å². The zero-order valence-corrected chi connectivity index (χ0v) is 8.28. The van der Waals surface area contributed by atoms with E-state index in [1.54, 1.807) is 7.11 Å². The lowest BCUT2D eigenvalue weighted by atomic mass is 10.2. The zero-order chi connectivity index (χ0) is 7.82. The van der Waals surface area contributed by atoms with Crippen LogP contribution in [0.15, 0.2) is 0 Å². The topological polar surface area (TPSA) is 21.3 Å². The summed E-state index contributed by atoms with van der Waals surface area (Å²) in [6.07, 6.45) is 1.09. The first-order valence-corrected chi connectivity index (χ1v) is 4.71. The van der Waals surface area contributed by atoms with Crippen LogP contribution in [-0.4, -0.2) is 31.6 Å². The van der Waals surface area contributed by atoms with Crippen molar-refractivity contribution in [3.63, 3.8) is 0 Å². The second-order valence-electron chi connectivity index (χ2n) is 2.33. The Hall–Kier alpha value is 0.400. The normalized spacial score (nSPS) is 13.5. The number of hydrogen-bond acceptors (Lipinski definition) is 2. The summed E-state index contributed by atoms with van der Waals surface area (Å²) in [5.74, 6) is 0. The van der Waals surface area contributed by atoms with Crippen molar-refractivity contribution >= 4 is 15.9 Å². The van der Waals surface area contributed by atoms with E-state index in [-0.39, 0.29) is 0 Å². The zero-order valence-electron chi connectivity index (χ0n) is 6.69. The third-order valence-corrected chi connectivity index (χ3v) is 1.74. The molecule has 62 valence electrons. The van der Waals surface area contributed by atoms with Crippen molar-refractivity contribution < 1.29 is 4.74 Å². The lowest BCUT2D eigenvalue weighted by Gasteiger charge is -2.11. The number of hydrogen-bond donors (Lipinski definition) is 1. The first kappa shape index (κ1) is 10.4. The van der Waals surface area contributed by atoms with Gasteiger partial charge in [0.1, 0.15) is 0 Å². The van der Waals surface area contributed by atoms with Gasteiger partial charge in [0.15, 0.2) is 0 Å². The Morgan fingerprint density at radius 1 is 1.60 bits per heavy atom. The van der Waals surface area contributed by atoms with Crippen molar-refractivity contribution in [1.82, 2.24) is 5.32 Å². The van der Waals surface area contributed by atoms with Crippen molar-refractivity contribution in [3.05, 3.63) is 0 Å². The molecule has 1 N–H and O–H groups in total. The maximum absolute atomic E-state index is 4.94. The predicted octanol–water partition coefficient (Wildman–Crippen LogP) is 1.40. The Bertz CT molecular complexity index is 62.6. The Labute approximate surface area is 71.5 Å². The summed E-state index contributed by atoms with van der Waals surface area (Å²) in [5, 5.41) is 4.36. The van der Waals surface area contributed by atoms with Gasteiger partial charge in [0.25, 0.3) is 0 Å². The predicted molar refractivity (Wildman–Crippen MR) is 47.8 cm³/mol. The molecule has 0 aliphatic rings. The highest BCUT2D eigenvalue weighted by Gasteiger charge is 1.97. The van der Waals surface area contributed by atoms with Gasteiger partial charge in [-0.05, 0) is 13.3 Å². The highest BCUT2D eigenvalue weighted by atomic mass is 79.9. The molecule has 0 amide bonds. The minimum atomic E-state index is 0.567. The summed E-state index contributed by atoms with van der Waals surface area (Å²) >= 11 is 3.35. The molecule has 0 heterocycles. The van der Waals surface area contributed by atoms with Crippen molar-refractivity contribution in [2.24, 2.45) is 0 Å². The summed E-state index contributed by atoms with van der Waals surface area (Å²) in [5.41, 5.74) is 0. The van der Waals surface area contributed by atoms with E-state index in [4.69, 9.17) is 4.74 Å². The van der Waals surface area contributed by atoms with Crippen molar-refractivity contribution in [2.45, 2.75) is 19.4 Å². The molecule has 0 saturated carbocycles. The van der Waals surface area contributed by atoms with Gasteiger partial charge in [-0.1, -0.05) is 15.9 Å². The number of alkyl halides is 1. The molecule has 0 rings (SSSR count). The molecule has 0 radical (unpaired) electrons. The highest BCUT2D eigenvalue weighted by molar-refractivity contribution is 9.09. The third kappa shape index (κ3) is 6.52. The molecule has 0 aromatic carbocycles. The second-order valence-corrected chi connectivity index (χ2v) is 3.12. The van der Waals surface area contributed by atoms with Gasteiger partial charge in [-0.2, -0.15) is 0 Å². The quantitative estimate of drug-likeness (QED) is 0.669. The molecule has 1 unspecified atom stereocenters. The van der Waals surface area contributed by atoms with E-state index in [1.165, 1.54) is 0 Å². The Morgan fingerprint density at radius 2 is 2.30 bits per heavy atom. The molecule has 0 aliphatic carbocycles. The molecule has 10 heavy (non-hydrogen) atoms. The molecule has 0 bridgehead atoms. The molecule has 0 fully saturated rings. The first-order valence-electron chi connectivity index (χ1n) is 3.59. The van der Waals surface area contributed by atoms with Crippen LogP contribution in [0.5, 0.6) is 0 Å². The number of methoxy groups -OCH3 is 1. The molecular formula is C7H16BrNO. The molecular weight excluding hydrogens is 194 g/mol. The average molecular weight is 210 g/mol. The van der Waals surface area contributed by atoms with Crippen LogP contribution in [0, 0.1) is 0 Å². The summed E-state index contributed by atoms with van der Waals surface area (Å²) < 4.78 is 4.94. The van der Waals surface area contributed by atoms with E-state index in [2.05, 4.69) is 28.2 Å². The number of nitrogens with one attached hydrogen (secondary N) is 1. The highest BCUT2D eigenvalue weighted by Crippen LogP contribution is 1.90. The fraction of sp³-hybridized carbons (Fsp3) is 1.00. The number of rotatable bonds is 6. The Balaban J connectivity index is 3.00. The minimum absolute atomic E-state index is 0.567. The number of halogens is 1. The van der Waals surface area contributed by atoms with E-state index >= 15 is 0 Å².